The van der Waals surface area contributed by atoms with E-state index in [1.165, 1.54) is 4.88 Å². The van der Waals surface area contributed by atoms with Gasteiger partial charge in [0.15, 0.2) is 8.32 Å². The van der Waals surface area contributed by atoms with Gasteiger partial charge in [-0.1, -0.05) is 36.0 Å². The molecular formula is C16H22N2OS2Si. The summed E-state index contributed by atoms with van der Waals surface area (Å²) in [7, 11) is -1.67. The number of rotatable bonds is 7. The first-order valence-corrected chi connectivity index (χ1v) is 12.3. The molecule has 0 aliphatic carbocycles. The van der Waals surface area contributed by atoms with Crippen molar-refractivity contribution in [2.45, 2.75) is 31.5 Å². The maximum Gasteiger partial charge on any atom is 0.186 e. The largest absolute Gasteiger partial charge is 0.399 e. The standard InChI is InChI=1S/C16H22N2OS2Si/c1-16(19-22(2,3)4,15-11-8-12-20-15)21-13-17-18-14-9-6-5-7-10-14/h5-13,18H,1-4H3/b17-13-. The van der Waals surface area contributed by atoms with Crippen molar-refractivity contribution in [2.75, 3.05) is 5.43 Å². The zero-order valence-electron chi connectivity index (χ0n) is 13.4. The molecule has 2 rings (SSSR count). The van der Waals surface area contributed by atoms with Crippen molar-refractivity contribution in [3.05, 3.63) is 52.7 Å². The zero-order chi connectivity index (χ0) is 16.1. The van der Waals surface area contributed by atoms with Crippen LogP contribution in [0.4, 0.5) is 5.69 Å². The molecule has 1 aromatic carbocycles. The average Bonchev–Trinajstić information content (AvgIpc) is 2.98. The van der Waals surface area contributed by atoms with Gasteiger partial charge in [-0.15, -0.1) is 11.3 Å². The van der Waals surface area contributed by atoms with Crippen LogP contribution in [0.3, 0.4) is 0 Å². The van der Waals surface area contributed by atoms with E-state index in [1.807, 2.05) is 35.9 Å². The van der Waals surface area contributed by atoms with Crippen molar-refractivity contribution >= 4 is 42.7 Å². The quantitative estimate of drug-likeness (QED) is 0.233. The van der Waals surface area contributed by atoms with Gasteiger partial charge in [0.05, 0.1) is 11.2 Å². The minimum Gasteiger partial charge on any atom is -0.399 e. The van der Waals surface area contributed by atoms with Crippen LogP contribution in [0.5, 0.6) is 0 Å². The van der Waals surface area contributed by atoms with Gasteiger partial charge in [0, 0.05) is 4.88 Å². The molecule has 0 saturated heterocycles. The first kappa shape index (κ1) is 17.3. The molecule has 0 aliphatic heterocycles. The number of anilines is 1. The summed E-state index contributed by atoms with van der Waals surface area (Å²) in [6.45, 7) is 8.74. The third kappa shape index (κ3) is 5.28. The number of thiophene rings is 1. The van der Waals surface area contributed by atoms with Gasteiger partial charge >= 0.3 is 0 Å². The number of thioether (sulfide) groups is 1. The molecule has 1 N–H and O–H groups in total. The topological polar surface area (TPSA) is 33.6 Å². The fourth-order valence-corrected chi connectivity index (χ4v) is 5.79. The highest BCUT2D eigenvalue weighted by atomic mass is 32.2. The monoisotopic (exact) mass is 350 g/mol. The number of hydrogen-bond acceptors (Lipinski definition) is 5. The summed E-state index contributed by atoms with van der Waals surface area (Å²) in [6.07, 6.45) is 0. The predicted octanol–water partition coefficient (Wildman–Crippen LogP) is 5.56. The van der Waals surface area contributed by atoms with Crippen molar-refractivity contribution < 1.29 is 4.43 Å². The Balaban J connectivity index is 2.04. The summed E-state index contributed by atoms with van der Waals surface area (Å²) in [6, 6.07) is 14.1. The Morgan fingerprint density at radius 2 is 1.91 bits per heavy atom. The van der Waals surface area contributed by atoms with Gasteiger partial charge in [0.25, 0.3) is 0 Å². The number of benzene rings is 1. The molecule has 118 valence electrons. The van der Waals surface area contributed by atoms with Crippen LogP contribution in [0.25, 0.3) is 0 Å². The van der Waals surface area contributed by atoms with E-state index in [9.17, 15) is 0 Å². The van der Waals surface area contributed by atoms with Gasteiger partial charge in [-0.25, -0.2) is 0 Å². The van der Waals surface area contributed by atoms with Crippen LogP contribution in [-0.2, 0) is 9.36 Å². The summed E-state index contributed by atoms with van der Waals surface area (Å²) in [5.41, 5.74) is 5.83. The first-order chi connectivity index (χ1) is 10.4. The smallest absolute Gasteiger partial charge is 0.186 e. The summed E-state index contributed by atoms with van der Waals surface area (Å²) in [4.78, 5) is 0.826. The molecular weight excluding hydrogens is 328 g/mol. The zero-order valence-corrected chi connectivity index (χ0v) is 16.0. The lowest BCUT2D eigenvalue weighted by molar-refractivity contribution is 0.185. The molecule has 6 heteroatoms. The molecule has 0 spiro atoms. The SMILES string of the molecule is CC(O[Si](C)(C)C)(S/C=N\Nc1ccccc1)c1cccs1. The lowest BCUT2D eigenvalue weighted by Crippen LogP contribution is -2.36. The Hall–Kier alpha value is -1.08. The fraction of sp³-hybridized carbons (Fsp3) is 0.312. The van der Waals surface area contributed by atoms with Gasteiger partial charge in [-0.3, -0.25) is 5.43 Å². The summed E-state index contributed by atoms with van der Waals surface area (Å²) < 4.78 is 6.42. The van der Waals surface area contributed by atoms with Crippen LogP contribution in [-0.4, -0.2) is 13.9 Å². The lowest BCUT2D eigenvalue weighted by atomic mass is 10.3. The van der Waals surface area contributed by atoms with Gasteiger partial charge in [0.1, 0.15) is 4.93 Å². The number of nitrogens with zero attached hydrogens (tertiary/aromatic N) is 1. The van der Waals surface area contributed by atoms with E-state index in [2.05, 4.69) is 54.6 Å². The van der Waals surface area contributed by atoms with E-state index in [0.29, 0.717) is 0 Å². The molecule has 2 aromatic rings. The molecule has 1 atom stereocenters. The minimum absolute atomic E-state index is 0.388. The van der Waals surface area contributed by atoms with E-state index in [0.717, 1.165) is 5.69 Å². The Kier molecular flexibility index (Phi) is 5.85. The molecule has 0 radical (unpaired) electrons. The van der Waals surface area contributed by atoms with Crippen LogP contribution in [0.1, 0.15) is 11.8 Å². The van der Waals surface area contributed by atoms with E-state index in [-0.39, 0.29) is 4.93 Å². The third-order valence-electron chi connectivity index (χ3n) is 2.77. The van der Waals surface area contributed by atoms with Crippen molar-refractivity contribution in [1.82, 2.24) is 0 Å². The van der Waals surface area contributed by atoms with Crippen molar-refractivity contribution in [1.29, 1.82) is 0 Å². The van der Waals surface area contributed by atoms with E-state index < -0.39 is 8.32 Å². The third-order valence-corrected chi connectivity index (χ3v) is 6.10. The molecule has 0 fully saturated rings. The Labute approximate surface area is 141 Å². The second-order valence-corrected chi connectivity index (χ2v) is 12.6. The van der Waals surface area contributed by atoms with Crippen molar-refractivity contribution in [3.8, 4) is 0 Å². The Morgan fingerprint density at radius 1 is 1.18 bits per heavy atom. The highest BCUT2D eigenvalue weighted by Crippen LogP contribution is 2.41. The maximum absolute atomic E-state index is 6.42. The average molecular weight is 351 g/mol. The number of hydrazone groups is 1. The molecule has 0 saturated carbocycles. The van der Waals surface area contributed by atoms with Gasteiger partial charge in [-0.05, 0) is 50.1 Å². The van der Waals surface area contributed by atoms with E-state index in [4.69, 9.17) is 4.43 Å². The summed E-state index contributed by atoms with van der Waals surface area (Å²) in [5.74, 6) is 0. The van der Waals surface area contributed by atoms with Crippen LogP contribution in [0.15, 0.2) is 52.9 Å². The van der Waals surface area contributed by atoms with Crippen molar-refractivity contribution in [3.63, 3.8) is 0 Å². The molecule has 1 heterocycles. The minimum atomic E-state index is -1.67. The maximum atomic E-state index is 6.42. The molecule has 3 nitrogen and oxygen atoms in total. The molecule has 0 amide bonds. The summed E-state index contributed by atoms with van der Waals surface area (Å²) in [5, 5.41) is 6.38. The molecule has 22 heavy (non-hydrogen) atoms. The normalized spacial score (nSPS) is 14.9. The lowest BCUT2D eigenvalue weighted by Gasteiger charge is -2.33. The summed E-state index contributed by atoms with van der Waals surface area (Å²) >= 11 is 3.32. The van der Waals surface area contributed by atoms with E-state index in [1.54, 1.807) is 23.1 Å². The predicted molar refractivity (Wildman–Crippen MR) is 102 cm³/mol. The highest BCUT2D eigenvalue weighted by molar-refractivity contribution is 8.12. The van der Waals surface area contributed by atoms with Gasteiger partial charge in [-0.2, -0.15) is 5.10 Å². The molecule has 1 unspecified atom stereocenters. The second-order valence-electron chi connectivity index (χ2n) is 5.97. The van der Waals surface area contributed by atoms with Gasteiger partial charge < -0.3 is 4.43 Å². The van der Waals surface area contributed by atoms with Crippen LogP contribution in [0, 0.1) is 0 Å². The molecule has 0 aliphatic rings. The first-order valence-electron chi connectivity index (χ1n) is 7.14. The second kappa shape index (κ2) is 7.46. The van der Waals surface area contributed by atoms with Crippen LogP contribution >= 0.6 is 23.1 Å². The fourth-order valence-electron chi connectivity index (χ4n) is 1.99. The Morgan fingerprint density at radius 3 is 2.50 bits per heavy atom. The van der Waals surface area contributed by atoms with Crippen LogP contribution < -0.4 is 5.43 Å². The number of hydrogen-bond donors (Lipinski definition) is 1. The number of nitrogens with one attached hydrogen (secondary N) is 1. The molecule has 0 bridgehead atoms. The van der Waals surface area contributed by atoms with E-state index >= 15 is 0 Å². The van der Waals surface area contributed by atoms with Crippen molar-refractivity contribution in [2.24, 2.45) is 5.10 Å². The number of para-hydroxylation sites is 1. The van der Waals surface area contributed by atoms with Crippen LogP contribution in [0.2, 0.25) is 19.6 Å². The van der Waals surface area contributed by atoms with Gasteiger partial charge in [0.2, 0.25) is 0 Å². The molecule has 1 aromatic heterocycles. The Bertz CT molecular complexity index is 596. The highest BCUT2D eigenvalue weighted by Gasteiger charge is 2.34.